The van der Waals surface area contributed by atoms with Crippen LogP contribution in [0.4, 0.5) is 11.4 Å². The molecular weight excluding hydrogens is 477 g/mol. The van der Waals surface area contributed by atoms with Gasteiger partial charge in [-0.3, -0.25) is 9.59 Å². The molecule has 0 aliphatic carbocycles. The summed E-state index contributed by atoms with van der Waals surface area (Å²) in [4.78, 5) is 35.5. The van der Waals surface area contributed by atoms with Crippen LogP contribution in [0.25, 0.3) is 0 Å². The van der Waals surface area contributed by atoms with E-state index in [0.29, 0.717) is 32.4 Å². The number of aromatic nitrogens is 3. The molecule has 3 N–H and O–H groups in total. The molecule has 0 aliphatic rings. The molecule has 1 aromatic heterocycles. The molecule has 0 saturated heterocycles. The topological polar surface area (TPSA) is 126 Å². The summed E-state index contributed by atoms with van der Waals surface area (Å²) in [5.41, 5.74) is 0.963. The van der Waals surface area contributed by atoms with E-state index < -0.39 is 5.97 Å². The molecule has 0 saturated carbocycles. The fourth-order valence-corrected chi connectivity index (χ4v) is 3.63. The molecule has 0 atom stereocenters. The first-order valence-corrected chi connectivity index (χ1v) is 10.9. The van der Waals surface area contributed by atoms with Crippen LogP contribution in [0.2, 0.25) is 10.0 Å². The van der Waals surface area contributed by atoms with Gasteiger partial charge in [0.05, 0.1) is 27.8 Å². The lowest BCUT2D eigenvalue weighted by Crippen LogP contribution is -2.17. The van der Waals surface area contributed by atoms with E-state index in [-0.39, 0.29) is 29.6 Å². The molecule has 166 valence electrons. The number of hydrogen-bond donors (Lipinski definition) is 3. The van der Waals surface area contributed by atoms with Gasteiger partial charge < -0.3 is 20.3 Å². The highest BCUT2D eigenvalue weighted by molar-refractivity contribution is 7.99. The number of thioether (sulfide) groups is 1. The van der Waals surface area contributed by atoms with E-state index in [1.54, 1.807) is 41.9 Å². The highest BCUT2D eigenvalue weighted by Crippen LogP contribution is 2.25. The first-order chi connectivity index (χ1) is 15.2. The molecule has 0 aliphatic heterocycles. The van der Waals surface area contributed by atoms with E-state index in [9.17, 15) is 14.4 Å². The Morgan fingerprint density at radius 1 is 1.00 bits per heavy atom. The lowest BCUT2D eigenvalue weighted by atomic mass is 10.2. The van der Waals surface area contributed by atoms with Gasteiger partial charge in [-0.05, 0) is 36.4 Å². The lowest BCUT2D eigenvalue weighted by molar-refractivity contribution is -0.116. The zero-order chi connectivity index (χ0) is 23.3. The Kier molecular flexibility index (Phi) is 7.73. The molecule has 0 spiro atoms. The van der Waals surface area contributed by atoms with Crippen molar-refractivity contribution >= 4 is 64.1 Å². The van der Waals surface area contributed by atoms with Crippen molar-refractivity contribution in [1.82, 2.24) is 14.8 Å². The van der Waals surface area contributed by atoms with Gasteiger partial charge in [-0.15, -0.1) is 10.2 Å². The number of halogens is 2. The molecule has 1 heterocycles. The predicted octanol–water partition coefficient (Wildman–Crippen LogP) is 3.73. The minimum Gasteiger partial charge on any atom is -0.478 e. The van der Waals surface area contributed by atoms with Gasteiger partial charge in [0.2, 0.25) is 11.8 Å². The number of carboxylic acids is 1. The lowest BCUT2D eigenvalue weighted by Gasteiger charge is -2.07. The second kappa shape index (κ2) is 10.5. The van der Waals surface area contributed by atoms with Crippen LogP contribution in [-0.4, -0.2) is 43.4 Å². The number of hydrogen-bond acceptors (Lipinski definition) is 6. The Morgan fingerprint density at radius 2 is 1.72 bits per heavy atom. The van der Waals surface area contributed by atoms with Crippen LogP contribution in [0.15, 0.2) is 47.6 Å². The average molecular weight is 494 g/mol. The van der Waals surface area contributed by atoms with Crippen molar-refractivity contribution in [3.05, 3.63) is 63.9 Å². The number of anilines is 2. The number of carboxylic acid groups (broad SMARTS) is 1. The van der Waals surface area contributed by atoms with Gasteiger partial charge in [-0.1, -0.05) is 41.0 Å². The Labute approximate surface area is 197 Å². The first kappa shape index (κ1) is 23.6. The SMILES string of the molecule is Cn1c(CC(=O)Nc2ccc(Cl)c(Cl)c2)nnc1SCC(=O)Nc1cccc(C(=O)O)c1. The Bertz CT molecular complexity index is 1180. The Morgan fingerprint density at radius 3 is 2.44 bits per heavy atom. The second-order valence-corrected chi connectivity index (χ2v) is 8.29. The maximum Gasteiger partial charge on any atom is 0.335 e. The molecule has 9 nitrogen and oxygen atoms in total. The van der Waals surface area contributed by atoms with Gasteiger partial charge in [-0.25, -0.2) is 4.79 Å². The van der Waals surface area contributed by atoms with Gasteiger partial charge in [0.1, 0.15) is 5.82 Å². The van der Waals surface area contributed by atoms with Gasteiger partial charge in [0.15, 0.2) is 5.16 Å². The summed E-state index contributed by atoms with van der Waals surface area (Å²) < 4.78 is 1.62. The van der Waals surface area contributed by atoms with E-state index in [1.807, 2.05) is 0 Å². The van der Waals surface area contributed by atoms with Crippen LogP contribution >= 0.6 is 35.0 Å². The number of carbonyl (C=O) groups is 3. The quantitative estimate of drug-likeness (QED) is 0.408. The summed E-state index contributed by atoms with van der Waals surface area (Å²) in [5.74, 6) is -1.28. The molecule has 0 fully saturated rings. The van der Waals surface area contributed by atoms with E-state index >= 15 is 0 Å². The van der Waals surface area contributed by atoms with Crippen LogP contribution in [0, 0.1) is 0 Å². The van der Waals surface area contributed by atoms with Crippen molar-refractivity contribution < 1.29 is 19.5 Å². The molecule has 3 rings (SSSR count). The molecule has 0 radical (unpaired) electrons. The standard InChI is InChI=1S/C20H17Cl2N5O4S/c1-27-16(9-17(28)23-13-5-6-14(21)15(22)8-13)25-26-20(27)32-10-18(29)24-12-4-2-3-11(7-12)19(30)31/h2-8H,9-10H2,1H3,(H,23,28)(H,24,29)(H,30,31). The summed E-state index contributed by atoms with van der Waals surface area (Å²) in [7, 11) is 1.69. The average Bonchev–Trinajstić information content (AvgIpc) is 3.08. The van der Waals surface area contributed by atoms with Crippen LogP contribution in [0.1, 0.15) is 16.2 Å². The zero-order valence-electron chi connectivity index (χ0n) is 16.6. The molecular formula is C20H17Cl2N5O4S. The Hall–Kier alpha value is -3.08. The third kappa shape index (κ3) is 6.22. The van der Waals surface area contributed by atoms with Crippen LogP contribution < -0.4 is 10.6 Å². The number of nitrogens with one attached hydrogen (secondary N) is 2. The van der Waals surface area contributed by atoms with Gasteiger partial charge >= 0.3 is 5.97 Å². The number of nitrogens with zero attached hydrogens (tertiary/aromatic N) is 3. The maximum absolute atomic E-state index is 12.3. The van der Waals surface area contributed by atoms with Crippen LogP contribution in [-0.2, 0) is 23.1 Å². The number of rotatable bonds is 8. The predicted molar refractivity (Wildman–Crippen MR) is 123 cm³/mol. The van der Waals surface area contributed by atoms with Crippen molar-refractivity contribution in [2.45, 2.75) is 11.6 Å². The third-order valence-electron chi connectivity index (χ3n) is 4.17. The smallest absolute Gasteiger partial charge is 0.335 e. The third-order valence-corrected chi connectivity index (χ3v) is 5.93. The largest absolute Gasteiger partial charge is 0.478 e. The number of carbonyl (C=O) groups excluding carboxylic acids is 2. The number of aromatic carboxylic acids is 1. The maximum atomic E-state index is 12.3. The molecule has 3 aromatic rings. The van der Waals surface area contributed by atoms with Crippen molar-refractivity contribution in [3.63, 3.8) is 0 Å². The summed E-state index contributed by atoms with van der Waals surface area (Å²) >= 11 is 13.0. The normalized spacial score (nSPS) is 10.6. The number of benzene rings is 2. The van der Waals surface area contributed by atoms with Gasteiger partial charge in [-0.2, -0.15) is 0 Å². The molecule has 0 bridgehead atoms. The molecule has 0 unspecified atom stereocenters. The van der Waals surface area contributed by atoms with Gasteiger partial charge in [0, 0.05) is 18.4 Å². The van der Waals surface area contributed by atoms with Crippen molar-refractivity contribution in [3.8, 4) is 0 Å². The molecule has 12 heteroatoms. The van der Waals surface area contributed by atoms with Crippen molar-refractivity contribution in [2.24, 2.45) is 7.05 Å². The molecule has 2 aromatic carbocycles. The number of amides is 2. The van der Waals surface area contributed by atoms with E-state index in [1.165, 1.54) is 12.1 Å². The monoisotopic (exact) mass is 493 g/mol. The summed E-state index contributed by atoms with van der Waals surface area (Å²) in [6, 6.07) is 10.7. The minimum absolute atomic E-state index is 0.0265. The van der Waals surface area contributed by atoms with E-state index in [2.05, 4.69) is 20.8 Å². The second-order valence-electron chi connectivity index (χ2n) is 6.53. The zero-order valence-corrected chi connectivity index (χ0v) is 19.0. The van der Waals surface area contributed by atoms with Crippen molar-refractivity contribution in [2.75, 3.05) is 16.4 Å². The first-order valence-electron chi connectivity index (χ1n) is 9.12. The van der Waals surface area contributed by atoms with Crippen molar-refractivity contribution in [1.29, 1.82) is 0 Å². The van der Waals surface area contributed by atoms with E-state index in [0.717, 1.165) is 11.8 Å². The minimum atomic E-state index is -1.08. The fourth-order valence-electron chi connectivity index (χ4n) is 2.60. The fraction of sp³-hybridized carbons (Fsp3) is 0.150. The van der Waals surface area contributed by atoms with Crippen LogP contribution in [0.5, 0.6) is 0 Å². The summed E-state index contributed by atoms with van der Waals surface area (Å²) in [6.07, 6.45) is -0.0293. The van der Waals surface area contributed by atoms with Gasteiger partial charge in [0.25, 0.3) is 0 Å². The highest BCUT2D eigenvalue weighted by atomic mass is 35.5. The molecule has 2 amide bonds. The summed E-state index contributed by atoms with van der Waals surface area (Å²) in [5, 5.41) is 23.6. The summed E-state index contributed by atoms with van der Waals surface area (Å²) in [6.45, 7) is 0. The van der Waals surface area contributed by atoms with Crippen LogP contribution in [0.3, 0.4) is 0 Å². The van der Waals surface area contributed by atoms with E-state index in [4.69, 9.17) is 28.3 Å². The Balaban J connectivity index is 1.54. The molecule has 32 heavy (non-hydrogen) atoms. The highest BCUT2D eigenvalue weighted by Gasteiger charge is 2.15.